The Hall–Kier alpha value is -1.02. The van der Waals surface area contributed by atoms with E-state index in [0.717, 1.165) is 11.7 Å². The molecule has 1 unspecified atom stereocenters. The molecule has 0 N–H and O–H groups in total. The first-order valence-electron chi connectivity index (χ1n) is 8.32. The molecular formula is C19H29NO. The van der Waals surface area contributed by atoms with Gasteiger partial charge in [0.1, 0.15) is 5.75 Å². The number of rotatable bonds is 2. The Morgan fingerprint density at radius 3 is 2.86 bits per heavy atom. The Labute approximate surface area is 129 Å². The zero-order valence-corrected chi connectivity index (χ0v) is 14.0. The number of nitrogens with zero attached hydrogens (tertiary/aromatic N) is 1. The van der Waals surface area contributed by atoms with Crippen molar-refractivity contribution in [2.75, 3.05) is 27.2 Å². The van der Waals surface area contributed by atoms with Gasteiger partial charge < -0.3 is 9.64 Å². The van der Waals surface area contributed by atoms with Crippen molar-refractivity contribution in [1.29, 1.82) is 0 Å². The van der Waals surface area contributed by atoms with Crippen LogP contribution in [0.2, 0.25) is 0 Å². The maximum Gasteiger partial charge on any atom is 0.119 e. The van der Waals surface area contributed by atoms with Gasteiger partial charge in [0.25, 0.3) is 0 Å². The van der Waals surface area contributed by atoms with E-state index in [9.17, 15) is 0 Å². The van der Waals surface area contributed by atoms with E-state index in [2.05, 4.69) is 50.1 Å². The molecule has 2 fully saturated rings. The predicted octanol–water partition coefficient (Wildman–Crippen LogP) is 4.09. The predicted molar refractivity (Wildman–Crippen MR) is 87.9 cm³/mol. The van der Waals surface area contributed by atoms with Gasteiger partial charge in [0, 0.05) is 12.0 Å². The third-order valence-corrected chi connectivity index (χ3v) is 6.20. The molecule has 3 atom stereocenters. The normalized spacial score (nSPS) is 37.0. The van der Waals surface area contributed by atoms with Crippen molar-refractivity contribution in [2.24, 2.45) is 11.3 Å². The second-order valence-electron chi connectivity index (χ2n) is 7.71. The number of ether oxygens (including phenoxy) is 1. The highest BCUT2D eigenvalue weighted by atomic mass is 16.5. The number of hydrogen-bond donors (Lipinski definition) is 0. The fraction of sp³-hybridized carbons (Fsp3) is 0.684. The fourth-order valence-electron chi connectivity index (χ4n) is 4.97. The summed E-state index contributed by atoms with van der Waals surface area (Å²) < 4.78 is 5.49. The summed E-state index contributed by atoms with van der Waals surface area (Å²) in [5.41, 5.74) is 2.22. The molecule has 0 bridgehead atoms. The van der Waals surface area contributed by atoms with Crippen LogP contribution in [-0.4, -0.2) is 32.1 Å². The molecule has 2 heteroatoms. The standard InChI is InChI=1S/C19H29NO/c1-15-8-9-18(2)14-20(3)11-10-19(18,13-15)16-6-5-7-17(12-16)21-4/h5-7,12,15H,8-11,13-14H2,1-4H3/t15?,18-,19-/m1/s1. The van der Waals surface area contributed by atoms with Crippen LogP contribution in [0.4, 0.5) is 0 Å². The summed E-state index contributed by atoms with van der Waals surface area (Å²) in [6.07, 6.45) is 5.31. The van der Waals surface area contributed by atoms with E-state index in [4.69, 9.17) is 4.74 Å². The third kappa shape index (κ3) is 2.38. The lowest BCUT2D eigenvalue weighted by molar-refractivity contribution is -0.0274. The molecule has 1 saturated heterocycles. The van der Waals surface area contributed by atoms with Gasteiger partial charge >= 0.3 is 0 Å². The minimum atomic E-state index is 0.325. The minimum absolute atomic E-state index is 0.325. The van der Waals surface area contributed by atoms with Crippen LogP contribution in [0.3, 0.4) is 0 Å². The molecular weight excluding hydrogens is 258 g/mol. The van der Waals surface area contributed by atoms with Crippen molar-refractivity contribution >= 4 is 0 Å². The summed E-state index contributed by atoms with van der Waals surface area (Å²) in [5, 5.41) is 0. The zero-order valence-electron chi connectivity index (χ0n) is 14.0. The van der Waals surface area contributed by atoms with Gasteiger partial charge in [-0.3, -0.25) is 0 Å². The van der Waals surface area contributed by atoms with E-state index in [-0.39, 0.29) is 0 Å². The highest BCUT2D eigenvalue weighted by Gasteiger charge is 2.54. The van der Waals surface area contributed by atoms with Gasteiger partial charge in [-0.25, -0.2) is 0 Å². The van der Waals surface area contributed by atoms with E-state index in [0.29, 0.717) is 10.8 Å². The first kappa shape index (κ1) is 14.9. The summed E-state index contributed by atoms with van der Waals surface area (Å²) in [6.45, 7) is 7.38. The van der Waals surface area contributed by atoms with Gasteiger partial charge in [-0.1, -0.05) is 32.4 Å². The second-order valence-corrected chi connectivity index (χ2v) is 7.71. The van der Waals surface area contributed by atoms with E-state index < -0.39 is 0 Å². The van der Waals surface area contributed by atoms with Crippen LogP contribution in [-0.2, 0) is 5.41 Å². The highest BCUT2D eigenvalue weighted by molar-refractivity contribution is 5.37. The van der Waals surface area contributed by atoms with Crippen molar-refractivity contribution in [2.45, 2.75) is 44.9 Å². The smallest absolute Gasteiger partial charge is 0.119 e. The molecule has 21 heavy (non-hydrogen) atoms. The molecule has 1 saturated carbocycles. The lowest BCUT2D eigenvalue weighted by atomic mass is 9.49. The number of piperidine rings is 1. The van der Waals surface area contributed by atoms with Crippen LogP contribution in [0, 0.1) is 11.3 Å². The molecule has 1 heterocycles. The maximum atomic E-state index is 5.49. The molecule has 1 aliphatic carbocycles. The Bertz CT molecular complexity index is 514. The summed E-state index contributed by atoms with van der Waals surface area (Å²) in [4.78, 5) is 2.52. The van der Waals surface area contributed by atoms with Crippen molar-refractivity contribution in [3.8, 4) is 5.75 Å². The largest absolute Gasteiger partial charge is 0.497 e. The van der Waals surface area contributed by atoms with Gasteiger partial charge in [-0.05, 0) is 61.9 Å². The minimum Gasteiger partial charge on any atom is -0.497 e. The molecule has 1 aliphatic heterocycles. The summed E-state index contributed by atoms with van der Waals surface area (Å²) in [5.74, 6) is 1.83. The van der Waals surface area contributed by atoms with Crippen molar-refractivity contribution in [3.63, 3.8) is 0 Å². The molecule has 3 rings (SSSR count). The van der Waals surface area contributed by atoms with Gasteiger partial charge in [0.05, 0.1) is 7.11 Å². The fourth-order valence-corrected chi connectivity index (χ4v) is 4.97. The molecule has 0 aromatic heterocycles. The third-order valence-electron chi connectivity index (χ3n) is 6.20. The SMILES string of the molecule is COc1cccc([C@]23CCN(C)C[C@@]2(C)CCC(C)C3)c1. The van der Waals surface area contributed by atoms with Crippen molar-refractivity contribution < 1.29 is 4.74 Å². The topological polar surface area (TPSA) is 12.5 Å². The van der Waals surface area contributed by atoms with Crippen LogP contribution in [0.1, 0.15) is 45.1 Å². The van der Waals surface area contributed by atoms with E-state index in [1.165, 1.54) is 44.3 Å². The lowest BCUT2D eigenvalue weighted by Crippen LogP contribution is -2.58. The van der Waals surface area contributed by atoms with Crippen LogP contribution in [0.25, 0.3) is 0 Å². The summed E-state index contributed by atoms with van der Waals surface area (Å²) >= 11 is 0. The quantitative estimate of drug-likeness (QED) is 0.812. The lowest BCUT2D eigenvalue weighted by Gasteiger charge is -2.59. The molecule has 116 valence electrons. The maximum absolute atomic E-state index is 5.49. The van der Waals surface area contributed by atoms with E-state index >= 15 is 0 Å². The summed E-state index contributed by atoms with van der Waals surface area (Å²) in [7, 11) is 4.05. The van der Waals surface area contributed by atoms with Crippen LogP contribution in [0.5, 0.6) is 5.75 Å². The van der Waals surface area contributed by atoms with E-state index in [1.807, 2.05) is 0 Å². The Balaban J connectivity index is 2.07. The molecule has 1 aromatic carbocycles. The van der Waals surface area contributed by atoms with Crippen molar-refractivity contribution in [3.05, 3.63) is 29.8 Å². The number of benzene rings is 1. The molecule has 1 aromatic rings. The van der Waals surface area contributed by atoms with Crippen LogP contribution < -0.4 is 4.74 Å². The van der Waals surface area contributed by atoms with Crippen LogP contribution in [0.15, 0.2) is 24.3 Å². The molecule has 2 aliphatic rings. The Morgan fingerprint density at radius 1 is 1.29 bits per heavy atom. The molecule has 0 radical (unpaired) electrons. The number of likely N-dealkylation sites (tertiary alicyclic amines) is 1. The van der Waals surface area contributed by atoms with Crippen molar-refractivity contribution in [1.82, 2.24) is 4.90 Å². The molecule has 0 amide bonds. The van der Waals surface area contributed by atoms with Gasteiger partial charge in [0.2, 0.25) is 0 Å². The molecule has 0 spiro atoms. The second kappa shape index (κ2) is 5.31. The average molecular weight is 287 g/mol. The number of methoxy groups -OCH3 is 1. The monoisotopic (exact) mass is 287 g/mol. The average Bonchev–Trinajstić information content (AvgIpc) is 2.48. The zero-order chi connectivity index (χ0) is 15.1. The highest BCUT2D eigenvalue weighted by Crippen LogP contribution is 2.58. The number of hydrogen-bond acceptors (Lipinski definition) is 2. The summed E-state index contributed by atoms with van der Waals surface area (Å²) in [6, 6.07) is 8.87. The first-order valence-corrected chi connectivity index (χ1v) is 8.32. The Morgan fingerprint density at radius 2 is 2.10 bits per heavy atom. The van der Waals surface area contributed by atoms with Gasteiger partial charge in [-0.15, -0.1) is 0 Å². The number of fused-ring (bicyclic) bond motifs is 1. The first-order chi connectivity index (χ1) is 9.99. The molecule has 2 nitrogen and oxygen atoms in total. The Kier molecular flexibility index (Phi) is 3.77. The van der Waals surface area contributed by atoms with Gasteiger partial charge in [-0.2, -0.15) is 0 Å². The van der Waals surface area contributed by atoms with Gasteiger partial charge in [0.15, 0.2) is 0 Å². The van der Waals surface area contributed by atoms with Crippen LogP contribution >= 0.6 is 0 Å². The van der Waals surface area contributed by atoms with E-state index in [1.54, 1.807) is 7.11 Å².